The van der Waals surface area contributed by atoms with E-state index in [0.717, 1.165) is 18.3 Å². The molecule has 6 nitrogen and oxygen atoms in total. The van der Waals surface area contributed by atoms with Gasteiger partial charge in [0.2, 0.25) is 0 Å². The molecule has 3 aromatic rings. The van der Waals surface area contributed by atoms with Crippen molar-refractivity contribution in [3.63, 3.8) is 0 Å². The van der Waals surface area contributed by atoms with Crippen molar-refractivity contribution >= 4 is 0 Å². The Hall–Kier alpha value is -1.77. The second kappa shape index (κ2) is 7.62. The molecule has 0 aliphatic heterocycles. The zero-order chi connectivity index (χ0) is 12.8. The first-order valence-corrected chi connectivity index (χ1v) is 5.65. The summed E-state index contributed by atoms with van der Waals surface area (Å²) in [5, 5.41) is 0. The normalized spacial score (nSPS) is 9.37. The summed E-state index contributed by atoms with van der Waals surface area (Å²) in [6.07, 6.45) is 12.5. The summed E-state index contributed by atoms with van der Waals surface area (Å²) in [5.74, 6) is 2.18. The van der Waals surface area contributed by atoms with E-state index in [9.17, 15) is 0 Å². The van der Waals surface area contributed by atoms with Crippen LogP contribution in [0.3, 0.4) is 0 Å². The summed E-state index contributed by atoms with van der Waals surface area (Å²) in [5.41, 5.74) is 0. The van der Waals surface area contributed by atoms with Crippen molar-refractivity contribution in [2.75, 3.05) is 0 Å². The summed E-state index contributed by atoms with van der Waals surface area (Å²) in [7, 11) is 0. The summed E-state index contributed by atoms with van der Waals surface area (Å²) >= 11 is 0. The van der Waals surface area contributed by atoms with Crippen LogP contribution in [0.4, 0.5) is 0 Å². The van der Waals surface area contributed by atoms with Crippen molar-refractivity contribution < 1.29 is 23.8 Å². The van der Waals surface area contributed by atoms with E-state index in [4.69, 9.17) is 0 Å². The van der Waals surface area contributed by atoms with Gasteiger partial charge < -0.3 is 9.97 Å². The first kappa shape index (κ1) is 15.3. The molecule has 94 valence electrons. The van der Waals surface area contributed by atoms with Crippen molar-refractivity contribution in [1.82, 2.24) is 24.1 Å². The number of aryl methyl sites for hydroxylation is 2. The fourth-order valence-corrected chi connectivity index (χ4v) is 1.51. The number of hydrogen-bond donors (Lipinski definition) is 0. The maximum absolute atomic E-state index is 4.17. The molecule has 19 heavy (non-hydrogen) atoms. The number of nitrogens with zero attached hydrogens (tertiary/aromatic N) is 5. The molecule has 3 aromatic heterocycles. The summed E-state index contributed by atoms with van der Waals surface area (Å²) in [6, 6.07) is 0. The molecule has 0 unspecified atom stereocenters. The zero-order valence-electron chi connectivity index (χ0n) is 11.5. The van der Waals surface area contributed by atoms with Gasteiger partial charge >= 0.3 is 18.9 Å². The van der Waals surface area contributed by atoms with Gasteiger partial charge in [0, 0.05) is 19.3 Å². The molecule has 0 saturated heterocycles. The molecule has 0 amide bonds. The standard InChI is InChI=1S/C9H12N4.C3H3N2.Li/c1-8-10-3-5-12(8)7-13-6-4-11-9(13)2;1-2-5-3-4-1;/h3-6H,7H2,1-2H3;1-3H;/q;-1;+1/p+1. The van der Waals surface area contributed by atoms with E-state index >= 15 is 0 Å². The average molecular weight is 251 g/mol. The minimum Gasteiger partial charge on any atom is -0.450 e. The summed E-state index contributed by atoms with van der Waals surface area (Å²) < 4.78 is 4.23. The van der Waals surface area contributed by atoms with Crippen molar-refractivity contribution in [3.8, 4) is 0 Å². The Balaban J connectivity index is 0.000000256. The zero-order valence-corrected chi connectivity index (χ0v) is 11.5. The number of imidazole rings is 3. The number of aromatic amines is 1. The molecule has 1 N–H and O–H groups in total. The van der Waals surface area contributed by atoms with Crippen LogP contribution in [0.5, 0.6) is 0 Å². The van der Waals surface area contributed by atoms with E-state index in [0.29, 0.717) is 0 Å². The Morgan fingerprint density at radius 1 is 1.21 bits per heavy atom. The predicted molar refractivity (Wildman–Crippen MR) is 65.6 cm³/mol. The van der Waals surface area contributed by atoms with Gasteiger partial charge in [0.05, 0.1) is 0 Å². The molecular formula is C12H16LiN6+. The van der Waals surface area contributed by atoms with E-state index in [-0.39, 0.29) is 18.9 Å². The van der Waals surface area contributed by atoms with Crippen LogP contribution in [0.15, 0.2) is 43.5 Å². The Morgan fingerprint density at radius 2 is 2.05 bits per heavy atom. The smallest absolute Gasteiger partial charge is 0.450 e. The Bertz CT molecular complexity index is 513. The van der Waals surface area contributed by atoms with E-state index in [1.54, 1.807) is 12.4 Å². The van der Waals surface area contributed by atoms with Gasteiger partial charge in [0.1, 0.15) is 18.2 Å². The number of nitrogens with one attached hydrogen (secondary N) is 1. The third kappa shape index (κ3) is 4.43. The second-order valence-corrected chi connectivity index (χ2v) is 3.81. The number of hydrogen-bond acceptors (Lipinski definition) is 2. The van der Waals surface area contributed by atoms with Crippen LogP contribution in [-0.4, -0.2) is 19.1 Å². The second-order valence-electron chi connectivity index (χ2n) is 3.81. The van der Waals surface area contributed by atoms with Crippen LogP contribution in [0.25, 0.3) is 0 Å². The van der Waals surface area contributed by atoms with E-state index in [1.807, 2.05) is 38.6 Å². The quantitative estimate of drug-likeness (QED) is 0.480. The SMILES string of the molecule is Cc1nccn1Cn1cc[nH+]c1C.[Li+].c1c[n-]cn1. The number of aromatic nitrogens is 6. The molecule has 0 fully saturated rings. The molecular weight excluding hydrogens is 235 g/mol. The molecule has 0 spiro atoms. The monoisotopic (exact) mass is 251 g/mol. The van der Waals surface area contributed by atoms with Gasteiger partial charge in [-0.25, -0.2) is 14.5 Å². The molecule has 0 aromatic carbocycles. The molecule has 7 heteroatoms. The van der Waals surface area contributed by atoms with Crippen molar-refractivity contribution in [3.05, 3.63) is 55.2 Å². The molecule has 0 saturated carbocycles. The maximum atomic E-state index is 4.17. The van der Waals surface area contributed by atoms with Crippen LogP contribution in [0.2, 0.25) is 0 Å². The van der Waals surface area contributed by atoms with Crippen LogP contribution < -0.4 is 28.8 Å². The van der Waals surface area contributed by atoms with E-state index in [2.05, 4.69) is 29.1 Å². The van der Waals surface area contributed by atoms with Crippen LogP contribution in [0, 0.1) is 13.8 Å². The van der Waals surface area contributed by atoms with Crippen LogP contribution in [-0.2, 0) is 6.67 Å². The molecule has 0 radical (unpaired) electrons. The molecule has 0 aliphatic rings. The Kier molecular flexibility index (Phi) is 6.13. The van der Waals surface area contributed by atoms with Crippen molar-refractivity contribution in [2.24, 2.45) is 0 Å². The van der Waals surface area contributed by atoms with Gasteiger partial charge in [-0.3, -0.25) is 4.57 Å². The topological polar surface area (TPSA) is 63.9 Å². The molecule has 3 heterocycles. The fourth-order valence-electron chi connectivity index (χ4n) is 1.51. The molecule has 3 rings (SSSR count). The number of H-pyrrole nitrogens is 1. The van der Waals surface area contributed by atoms with Gasteiger partial charge in [-0.1, -0.05) is 18.7 Å². The summed E-state index contributed by atoms with van der Waals surface area (Å²) in [4.78, 5) is 14.5. The predicted octanol–water partition coefficient (Wildman–Crippen LogP) is -2.34. The minimum absolute atomic E-state index is 0. The molecule has 0 bridgehead atoms. The Labute approximate surface area is 124 Å². The minimum atomic E-state index is 0. The van der Waals surface area contributed by atoms with E-state index < -0.39 is 0 Å². The van der Waals surface area contributed by atoms with Crippen LogP contribution in [0.1, 0.15) is 11.6 Å². The van der Waals surface area contributed by atoms with Crippen molar-refractivity contribution in [2.45, 2.75) is 20.5 Å². The third-order valence-corrected chi connectivity index (χ3v) is 2.58. The first-order valence-electron chi connectivity index (χ1n) is 5.65. The number of rotatable bonds is 2. The van der Waals surface area contributed by atoms with Gasteiger partial charge in [0.25, 0.3) is 5.82 Å². The first-order chi connectivity index (χ1) is 8.77. The molecule has 0 atom stereocenters. The largest absolute Gasteiger partial charge is 1.00 e. The van der Waals surface area contributed by atoms with Gasteiger partial charge in [-0.05, 0) is 6.92 Å². The maximum Gasteiger partial charge on any atom is 1.00 e. The summed E-state index contributed by atoms with van der Waals surface area (Å²) in [6.45, 7) is 4.87. The van der Waals surface area contributed by atoms with Crippen molar-refractivity contribution in [1.29, 1.82) is 0 Å². The van der Waals surface area contributed by atoms with E-state index in [1.165, 1.54) is 6.33 Å². The fraction of sp³-hybridized carbons (Fsp3) is 0.250. The molecule has 0 aliphatic carbocycles. The Morgan fingerprint density at radius 3 is 2.47 bits per heavy atom. The van der Waals surface area contributed by atoms with Gasteiger partial charge in [-0.2, -0.15) is 0 Å². The average Bonchev–Trinajstić information content (AvgIpc) is 3.06. The third-order valence-electron chi connectivity index (χ3n) is 2.58. The van der Waals surface area contributed by atoms with Crippen LogP contribution >= 0.6 is 0 Å². The van der Waals surface area contributed by atoms with Gasteiger partial charge in [0.15, 0.2) is 6.67 Å². The van der Waals surface area contributed by atoms with Gasteiger partial charge in [-0.15, -0.1) is 0 Å².